The summed E-state index contributed by atoms with van der Waals surface area (Å²) < 4.78 is 1.58. The fourth-order valence-corrected chi connectivity index (χ4v) is 2.63. The van der Waals surface area contributed by atoms with Crippen LogP contribution >= 0.6 is 11.8 Å². The molecular formula is C13H10N6O2S. The van der Waals surface area contributed by atoms with E-state index in [1.54, 1.807) is 4.68 Å². The second-order valence-electron chi connectivity index (χ2n) is 4.29. The minimum absolute atomic E-state index is 0.0678. The second-order valence-corrected chi connectivity index (χ2v) is 5.25. The lowest BCUT2D eigenvalue weighted by Gasteiger charge is -2.04. The van der Waals surface area contributed by atoms with Crippen molar-refractivity contribution < 1.29 is 4.92 Å². The summed E-state index contributed by atoms with van der Waals surface area (Å²) in [6, 6.07) is 12.6. The van der Waals surface area contributed by atoms with Gasteiger partial charge in [-0.1, -0.05) is 30.3 Å². The monoisotopic (exact) mass is 314 g/mol. The summed E-state index contributed by atoms with van der Waals surface area (Å²) in [5.74, 6) is 0. The highest BCUT2D eigenvalue weighted by molar-refractivity contribution is 7.99. The molecule has 0 saturated carbocycles. The normalized spacial score (nSPS) is 10.5. The van der Waals surface area contributed by atoms with Crippen LogP contribution in [0.3, 0.4) is 0 Å². The number of aromatic nitrogens is 5. The molecule has 0 aliphatic carbocycles. The Morgan fingerprint density at radius 1 is 1.18 bits per heavy atom. The molecule has 0 unspecified atom stereocenters. The fourth-order valence-electron chi connectivity index (χ4n) is 1.81. The van der Waals surface area contributed by atoms with E-state index >= 15 is 0 Å². The molecule has 0 aliphatic heterocycles. The van der Waals surface area contributed by atoms with Crippen LogP contribution in [0.15, 0.2) is 58.8 Å². The molecule has 0 N–H and O–H groups in total. The molecule has 0 saturated heterocycles. The van der Waals surface area contributed by atoms with Gasteiger partial charge in [-0.05, 0) is 33.8 Å². The third-order valence-corrected chi connectivity index (χ3v) is 3.79. The number of rotatable bonds is 5. The van der Waals surface area contributed by atoms with Crippen LogP contribution in [-0.2, 0) is 6.54 Å². The molecule has 0 fully saturated rings. The van der Waals surface area contributed by atoms with Gasteiger partial charge in [-0.15, -0.1) is 5.10 Å². The summed E-state index contributed by atoms with van der Waals surface area (Å²) in [5, 5.41) is 23.2. The van der Waals surface area contributed by atoms with E-state index in [1.807, 2.05) is 30.3 Å². The first-order chi connectivity index (χ1) is 10.7. The van der Waals surface area contributed by atoms with Crippen molar-refractivity contribution in [2.24, 2.45) is 0 Å². The van der Waals surface area contributed by atoms with Crippen LogP contribution in [0.5, 0.6) is 0 Å². The van der Waals surface area contributed by atoms with E-state index in [9.17, 15) is 10.1 Å². The maximum atomic E-state index is 11.0. The molecule has 1 aromatic carbocycles. The van der Waals surface area contributed by atoms with Gasteiger partial charge in [0.2, 0.25) is 5.16 Å². The molecule has 0 amide bonds. The standard InChI is InChI=1S/C13H10N6O2S/c20-19(21)11-7-4-8-14-12(11)22-13-15-16-17-18(13)9-10-5-2-1-3-6-10/h1-8H,9H2. The Labute approximate surface area is 129 Å². The average Bonchev–Trinajstić information content (AvgIpc) is 2.96. The van der Waals surface area contributed by atoms with Crippen molar-refractivity contribution in [2.75, 3.05) is 0 Å². The maximum Gasteiger partial charge on any atom is 0.301 e. The largest absolute Gasteiger partial charge is 0.301 e. The molecule has 9 heteroatoms. The number of tetrazole rings is 1. The smallest absolute Gasteiger partial charge is 0.258 e. The molecule has 0 bridgehead atoms. The SMILES string of the molecule is O=[N+]([O-])c1cccnc1Sc1nnnn1Cc1ccccc1. The lowest BCUT2D eigenvalue weighted by molar-refractivity contribution is -0.388. The van der Waals surface area contributed by atoms with Gasteiger partial charge in [-0.25, -0.2) is 9.67 Å². The van der Waals surface area contributed by atoms with Crippen LogP contribution < -0.4 is 0 Å². The van der Waals surface area contributed by atoms with E-state index in [0.29, 0.717) is 11.7 Å². The molecular weight excluding hydrogens is 304 g/mol. The number of nitro groups is 1. The van der Waals surface area contributed by atoms with Crippen molar-refractivity contribution in [1.29, 1.82) is 0 Å². The first kappa shape index (κ1) is 14.1. The van der Waals surface area contributed by atoms with Crippen LogP contribution in [0.4, 0.5) is 5.69 Å². The minimum atomic E-state index is -0.472. The lowest BCUT2D eigenvalue weighted by atomic mass is 10.2. The molecule has 3 aromatic rings. The summed E-state index contributed by atoms with van der Waals surface area (Å²) in [5.41, 5.74) is 0.967. The zero-order valence-corrected chi connectivity index (χ0v) is 12.1. The Kier molecular flexibility index (Phi) is 4.05. The number of hydrogen-bond acceptors (Lipinski definition) is 7. The molecule has 2 heterocycles. The summed E-state index contributed by atoms with van der Waals surface area (Å²) in [6.07, 6.45) is 1.50. The summed E-state index contributed by atoms with van der Waals surface area (Å²) in [4.78, 5) is 14.6. The molecule has 22 heavy (non-hydrogen) atoms. The average molecular weight is 314 g/mol. The molecule has 2 aromatic heterocycles. The molecule has 110 valence electrons. The third kappa shape index (κ3) is 3.09. The topological polar surface area (TPSA) is 99.6 Å². The van der Waals surface area contributed by atoms with Gasteiger partial charge in [0.15, 0.2) is 5.03 Å². The molecule has 0 atom stereocenters. The van der Waals surface area contributed by atoms with E-state index in [4.69, 9.17) is 0 Å². The molecule has 0 aliphatic rings. The number of benzene rings is 1. The highest BCUT2D eigenvalue weighted by atomic mass is 32.2. The number of nitrogens with zero attached hydrogens (tertiary/aromatic N) is 6. The van der Waals surface area contributed by atoms with Crippen molar-refractivity contribution in [1.82, 2.24) is 25.2 Å². The van der Waals surface area contributed by atoms with Crippen LogP contribution in [0.2, 0.25) is 0 Å². The van der Waals surface area contributed by atoms with E-state index in [0.717, 1.165) is 17.3 Å². The van der Waals surface area contributed by atoms with Gasteiger partial charge in [0.25, 0.3) is 0 Å². The second kappa shape index (κ2) is 6.31. The van der Waals surface area contributed by atoms with Crippen molar-refractivity contribution in [3.63, 3.8) is 0 Å². The van der Waals surface area contributed by atoms with Gasteiger partial charge in [0.05, 0.1) is 11.5 Å². The van der Waals surface area contributed by atoms with Crippen molar-refractivity contribution in [3.05, 3.63) is 64.3 Å². The van der Waals surface area contributed by atoms with Crippen LogP contribution in [0, 0.1) is 10.1 Å². The molecule has 0 radical (unpaired) electrons. The van der Waals surface area contributed by atoms with E-state index < -0.39 is 4.92 Å². The zero-order chi connectivity index (χ0) is 15.4. The van der Waals surface area contributed by atoms with Crippen molar-refractivity contribution in [3.8, 4) is 0 Å². The van der Waals surface area contributed by atoms with Crippen LogP contribution in [0.25, 0.3) is 0 Å². The van der Waals surface area contributed by atoms with Gasteiger partial charge in [-0.2, -0.15) is 0 Å². The van der Waals surface area contributed by atoms with Gasteiger partial charge in [0, 0.05) is 12.3 Å². The first-order valence-corrected chi connectivity index (χ1v) is 7.13. The molecule has 3 rings (SSSR count). The predicted octanol–water partition coefficient (Wildman–Crippen LogP) is 2.18. The van der Waals surface area contributed by atoms with Crippen LogP contribution in [-0.4, -0.2) is 30.1 Å². The predicted molar refractivity (Wildman–Crippen MR) is 78.4 cm³/mol. The Bertz CT molecular complexity index is 792. The Morgan fingerprint density at radius 2 is 2.00 bits per heavy atom. The van der Waals surface area contributed by atoms with Crippen molar-refractivity contribution >= 4 is 17.4 Å². The van der Waals surface area contributed by atoms with Gasteiger partial charge in [0.1, 0.15) is 0 Å². The maximum absolute atomic E-state index is 11.0. The van der Waals surface area contributed by atoms with E-state index in [-0.39, 0.29) is 10.7 Å². The van der Waals surface area contributed by atoms with Gasteiger partial charge in [-0.3, -0.25) is 10.1 Å². The fraction of sp³-hybridized carbons (Fsp3) is 0.0769. The highest BCUT2D eigenvalue weighted by Gasteiger charge is 2.18. The lowest BCUT2D eigenvalue weighted by Crippen LogP contribution is -2.04. The summed E-state index contributed by atoms with van der Waals surface area (Å²) >= 11 is 1.07. The van der Waals surface area contributed by atoms with Crippen LogP contribution in [0.1, 0.15) is 5.56 Å². The van der Waals surface area contributed by atoms with Gasteiger partial charge < -0.3 is 0 Å². The zero-order valence-electron chi connectivity index (χ0n) is 11.2. The number of hydrogen-bond donors (Lipinski definition) is 0. The highest BCUT2D eigenvalue weighted by Crippen LogP contribution is 2.31. The van der Waals surface area contributed by atoms with Gasteiger partial charge >= 0.3 is 5.69 Å². The summed E-state index contributed by atoms with van der Waals surface area (Å²) in [6.45, 7) is 0.483. The van der Waals surface area contributed by atoms with E-state index in [1.165, 1.54) is 18.3 Å². The van der Waals surface area contributed by atoms with Crippen molar-refractivity contribution in [2.45, 2.75) is 16.7 Å². The Hall–Kier alpha value is -2.81. The molecule has 8 nitrogen and oxygen atoms in total. The minimum Gasteiger partial charge on any atom is -0.258 e. The summed E-state index contributed by atoms with van der Waals surface area (Å²) in [7, 11) is 0. The first-order valence-electron chi connectivity index (χ1n) is 6.31. The quantitative estimate of drug-likeness (QED) is 0.525. The third-order valence-electron chi connectivity index (χ3n) is 2.81. The Morgan fingerprint density at radius 3 is 2.77 bits per heavy atom. The number of pyridine rings is 1. The molecule has 0 spiro atoms. The Balaban J connectivity index is 1.86. The van der Waals surface area contributed by atoms with E-state index in [2.05, 4.69) is 20.5 Å².